The fraction of sp³-hybridized carbons (Fsp3) is 0.200. The van der Waals surface area contributed by atoms with Crippen LogP contribution in [0, 0.1) is 0 Å². The second kappa shape index (κ2) is 3.29. The summed E-state index contributed by atoms with van der Waals surface area (Å²) in [7, 11) is 0. The van der Waals surface area contributed by atoms with Crippen LogP contribution < -0.4 is 0 Å². The van der Waals surface area contributed by atoms with Crippen molar-refractivity contribution in [2.24, 2.45) is 0 Å². The van der Waals surface area contributed by atoms with Crippen molar-refractivity contribution in [1.82, 2.24) is 4.98 Å². The van der Waals surface area contributed by atoms with Crippen molar-refractivity contribution >= 4 is 37.7 Å². The van der Waals surface area contributed by atoms with E-state index in [-0.39, 0.29) is 5.69 Å². The highest BCUT2D eigenvalue weighted by Gasteiger charge is 2.34. The zero-order chi connectivity index (χ0) is 9.35. The van der Waals surface area contributed by atoms with Crippen LogP contribution in [0.15, 0.2) is 5.38 Å². The minimum atomic E-state index is -4.45. The number of rotatable bonds is 1. The van der Waals surface area contributed by atoms with Crippen LogP contribution in [0.1, 0.15) is 15.5 Å². The van der Waals surface area contributed by atoms with Gasteiger partial charge in [0.2, 0.25) is 3.79 Å². The smallest absolute Gasteiger partial charge is 0.280 e. The zero-order valence-corrected chi connectivity index (χ0v) is 8.33. The van der Waals surface area contributed by atoms with Crippen LogP contribution in [-0.2, 0) is 6.18 Å². The van der Waals surface area contributed by atoms with Crippen molar-refractivity contribution in [3.8, 4) is 0 Å². The summed E-state index contributed by atoms with van der Waals surface area (Å²) in [5, 5.41) is 0.111. The molecular formula is C5HF3INOS. The second-order valence-corrected chi connectivity index (χ2v) is 3.65. The quantitative estimate of drug-likeness (QED) is 0.590. The first-order valence-electron chi connectivity index (χ1n) is 2.64. The standard InChI is InChI=1S/C5HF3INOS/c6-5(7,8)4-10-2(1-12-4)3(9)11/h1H. The predicted octanol–water partition coefficient (Wildman–Crippen LogP) is 2.74. The molecular weight excluding hydrogens is 306 g/mol. The lowest BCUT2D eigenvalue weighted by Crippen LogP contribution is -2.04. The molecule has 7 heteroatoms. The maximum Gasteiger partial charge on any atom is 0.443 e. The molecule has 0 N–H and O–H groups in total. The summed E-state index contributed by atoms with van der Waals surface area (Å²) in [5.74, 6) is 0. The third kappa shape index (κ3) is 2.16. The highest BCUT2D eigenvalue weighted by Crippen LogP contribution is 2.31. The Morgan fingerprint density at radius 1 is 1.58 bits per heavy atom. The summed E-state index contributed by atoms with van der Waals surface area (Å²) in [5.41, 5.74) is -0.145. The van der Waals surface area contributed by atoms with Gasteiger partial charge in [-0.3, -0.25) is 4.79 Å². The van der Waals surface area contributed by atoms with Crippen molar-refractivity contribution in [2.75, 3.05) is 0 Å². The van der Waals surface area contributed by atoms with Gasteiger partial charge in [-0.15, -0.1) is 11.3 Å². The maximum absolute atomic E-state index is 11.9. The van der Waals surface area contributed by atoms with Crippen molar-refractivity contribution in [3.63, 3.8) is 0 Å². The Hall–Kier alpha value is -0.180. The summed E-state index contributed by atoms with van der Waals surface area (Å²) < 4.78 is 35.2. The van der Waals surface area contributed by atoms with Gasteiger partial charge in [0, 0.05) is 28.0 Å². The van der Waals surface area contributed by atoms with Gasteiger partial charge in [-0.25, -0.2) is 4.98 Å². The number of carbonyl (C=O) groups is 1. The normalized spacial score (nSPS) is 11.7. The van der Waals surface area contributed by atoms with Gasteiger partial charge in [0.25, 0.3) is 0 Å². The first-order chi connectivity index (χ1) is 5.41. The molecule has 0 aromatic carbocycles. The molecule has 0 bridgehead atoms. The van der Waals surface area contributed by atoms with E-state index in [0.29, 0.717) is 11.3 Å². The average molecular weight is 307 g/mol. The van der Waals surface area contributed by atoms with Gasteiger partial charge >= 0.3 is 6.18 Å². The average Bonchev–Trinajstić information content (AvgIpc) is 2.30. The van der Waals surface area contributed by atoms with E-state index in [9.17, 15) is 18.0 Å². The fourth-order valence-electron chi connectivity index (χ4n) is 0.494. The van der Waals surface area contributed by atoms with Crippen LogP contribution in [0.4, 0.5) is 13.2 Å². The molecule has 0 radical (unpaired) electrons. The molecule has 1 rings (SSSR count). The monoisotopic (exact) mass is 307 g/mol. The number of thiazole rings is 1. The van der Waals surface area contributed by atoms with Crippen LogP contribution in [0.2, 0.25) is 0 Å². The predicted molar refractivity (Wildman–Crippen MR) is 45.5 cm³/mol. The number of nitrogens with zero attached hydrogens (tertiary/aromatic N) is 1. The Morgan fingerprint density at radius 3 is 2.42 bits per heavy atom. The van der Waals surface area contributed by atoms with Gasteiger partial charge in [0.15, 0.2) is 5.01 Å². The van der Waals surface area contributed by atoms with E-state index in [1.807, 2.05) is 0 Å². The van der Waals surface area contributed by atoms with Gasteiger partial charge in [0.1, 0.15) is 5.69 Å². The van der Waals surface area contributed by atoms with Gasteiger partial charge < -0.3 is 0 Å². The van der Waals surface area contributed by atoms with E-state index in [0.717, 1.165) is 5.38 Å². The van der Waals surface area contributed by atoms with Crippen LogP contribution >= 0.6 is 33.9 Å². The first kappa shape index (κ1) is 9.90. The van der Waals surface area contributed by atoms with Crippen LogP contribution in [0.25, 0.3) is 0 Å². The minimum Gasteiger partial charge on any atom is -0.280 e. The molecule has 0 unspecified atom stereocenters. The Bertz CT molecular complexity index is 308. The number of halogens is 4. The molecule has 0 atom stereocenters. The highest BCUT2D eigenvalue weighted by atomic mass is 127. The van der Waals surface area contributed by atoms with Crippen molar-refractivity contribution < 1.29 is 18.0 Å². The molecule has 0 fully saturated rings. The molecule has 0 aliphatic carbocycles. The van der Waals surface area contributed by atoms with Crippen molar-refractivity contribution in [2.45, 2.75) is 6.18 Å². The van der Waals surface area contributed by atoms with Crippen LogP contribution in [0.3, 0.4) is 0 Å². The van der Waals surface area contributed by atoms with Crippen LogP contribution in [0.5, 0.6) is 0 Å². The lowest BCUT2D eigenvalue weighted by Gasteiger charge is -1.98. The summed E-state index contributed by atoms with van der Waals surface area (Å²) in [6.07, 6.45) is -4.45. The Kier molecular flexibility index (Phi) is 2.71. The van der Waals surface area contributed by atoms with Gasteiger partial charge in [-0.1, -0.05) is 0 Å². The molecule has 1 aromatic heterocycles. The molecule has 0 amide bonds. The summed E-state index contributed by atoms with van der Waals surface area (Å²) in [6.45, 7) is 0. The van der Waals surface area contributed by atoms with Gasteiger partial charge in [0.05, 0.1) is 0 Å². The third-order valence-corrected chi connectivity index (χ3v) is 2.39. The molecule has 1 heterocycles. The number of carbonyl (C=O) groups excluding carboxylic acids is 1. The Balaban J connectivity index is 3.00. The molecule has 0 aliphatic rings. The molecule has 2 nitrogen and oxygen atoms in total. The molecule has 0 aliphatic heterocycles. The largest absolute Gasteiger partial charge is 0.443 e. The summed E-state index contributed by atoms with van der Waals surface area (Å²) in [6, 6.07) is 0. The second-order valence-electron chi connectivity index (χ2n) is 1.81. The number of aromatic nitrogens is 1. The molecule has 12 heavy (non-hydrogen) atoms. The lowest BCUT2D eigenvalue weighted by atomic mass is 10.5. The summed E-state index contributed by atoms with van der Waals surface area (Å²) in [4.78, 5) is 13.7. The van der Waals surface area contributed by atoms with E-state index < -0.39 is 15.0 Å². The third-order valence-electron chi connectivity index (χ3n) is 0.948. The van der Waals surface area contributed by atoms with E-state index in [1.54, 1.807) is 0 Å². The zero-order valence-electron chi connectivity index (χ0n) is 5.35. The maximum atomic E-state index is 11.9. The Labute approximate surface area is 82.9 Å². The highest BCUT2D eigenvalue weighted by molar-refractivity contribution is 14.1. The van der Waals surface area contributed by atoms with Crippen molar-refractivity contribution in [3.05, 3.63) is 16.1 Å². The topological polar surface area (TPSA) is 30.0 Å². The van der Waals surface area contributed by atoms with Gasteiger partial charge in [-0.2, -0.15) is 13.2 Å². The lowest BCUT2D eigenvalue weighted by molar-refractivity contribution is -0.137. The number of hydrogen-bond donors (Lipinski definition) is 0. The van der Waals surface area contributed by atoms with Crippen LogP contribution in [-0.4, -0.2) is 8.77 Å². The van der Waals surface area contributed by atoms with Gasteiger partial charge in [-0.05, 0) is 0 Å². The molecule has 66 valence electrons. The molecule has 1 aromatic rings. The minimum absolute atomic E-state index is 0.145. The van der Waals surface area contributed by atoms with E-state index in [4.69, 9.17) is 0 Å². The van der Waals surface area contributed by atoms with Crippen molar-refractivity contribution in [1.29, 1.82) is 0 Å². The van der Waals surface area contributed by atoms with E-state index in [1.165, 1.54) is 22.6 Å². The Morgan fingerprint density at radius 2 is 2.17 bits per heavy atom. The number of alkyl halides is 3. The number of hydrogen-bond acceptors (Lipinski definition) is 3. The molecule has 0 saturated carbocycles. The van der Waals surface area contributed by atoms with E-state index in [2.05, 4.69) is 4.98 Å². The summed E-state index contributed by atoms with van der Waals surface area (Å²) >= 11 is 1.81. The molecule has 0 saturated heterocycles. The fourth-order valence-corrected chi connectivity index (χ4v) is 1.65. The molecule has 0 spiro atoms. The first-order valence-corrected chi connectivity index (χ1v) is 4.59. The van der Waals surface area contributed by atoms with E-state index >= 15 is 0 Å². The SMILES string of the molecule is O=C(I)c1csc(C(F)(F)F)n1.